The molecule has 2 rings (SSSR count). The van der Waals surface area contributed by atoms with Crippen molar-refractivity contribution in [3.8, 4) is 0 Å². The molecule has 0 radical (unpaired) electrons. The van der Waals surface area contributed by atoms with E-state index < -0.39 is 0 Å². The van der Waals surface area contributed by atoms with Gasteiger partial charge in [-0.15, -0.1) is 0 Å². The molecule has 2 aromatic carbocycles. The zero-order valence-electron chi connectivity index (χ0n) is 10.4. The van der Waals surface area contributed by atoms with Crippen LogP contribution in [0.3, 0.4) is 0 Å². The minimum Gasteiger partial charge on any atom is -0.392 e. The first kappa shape index (κ1) is 14.2. The Hall–Kier alpha value is -1.23. The first-order chi connectivity index (χ1) is 9.19. The molecule has 100 valence electrons. The topological polar surface area (TPSA) is 32.3 Å². The van der Waals surface area contributed by atoms with Crippen molar-refractivity contribution in [1.29, 1.82) is 0 Å². The maximum Gasteiger partial charge on any atom is 0.128 e. The second-order valence-electron chi connectivity index (χ2n) is 4.31. The third-order valence-electron chi connectivity index (χ3n) is 2.87. The molecule has 0 heterocycles. The molecule has 0 bridgehead atoms. The molecule has 19 heavy (non-hydrogen) atoms. The van der Waals surface area contributed by atoms with Crippen LogP contribution in [0.1, 0.15) is 16.7 Å². The van der Waals surface area contributed by atoms with Gasteiger partial charge in [0.2, 0.25) is 0 Å². The molecule has 0 fully saturated rings. The van der Waals surface area contributed by atoms with E-state index in [0.717, 1.165) is 15.6 Å². The summed E-state index contributed by atoms with van der Waals surface area (Å²) in [5.41, 5.74) is 2.65. The summed E-state index contributed by atoms with van der Waals surface area (Å²) in [6, 6.07) is 12.7. The van der Waals surface area contributed by atoms with E-state index in [-0.39, 0.29) is 12.4 Å². The third kappa shape index (κ3) is 4.13. The Morgan fingerprint density at radius 2 is 1.68 bits per heavy atom. The predicted molar refractivity (Wildman–Crippen MR) is 77.0 cm³/mol. The van der Waals surface area contributed by atoms with Gasteiger partial charge in [0.05, 0.1) is 6.61 Å². The maximum atomic E-state index is 13.6. The van der Waals surface area contributed by atoms with E-state index in [4.69, 9.17) is 5.11 Å². The molecule has 0 aliphatic carbocycles. The van der Waals surface area contributed by atoms with Gasteiger partial charge in [0.1, 0.15) is 5.82 Å². The Labute approximate surface area is 120 Å². The fourth-order valence-corrected chi connectivity index (χ4v) is 2.10. The van der Waals surface area contributed by atoms with E-state index in [2.05, 4.69) is 21.2 Å². The van der Waals surface area contributed by atoms with Crippen LogP contribution in [-0.2, 0) is 19.7 Å². The van der Waals surface area contributed by atoms with Crippen LogP contribution in [0.25, 0.3) is 0 Å². The highest BCUT2D eigenvalue weighted by Crippen LogP contribution is 2.15. The summed E-state index contributed by atoms with van der Waals surface area (Å²) in [7, 11) is 0. The molecule has 2 N–H and O–H groups in total. The van der Waals surface area contributed by atoms with Crippen molar-refractivity contribution in [2.75, 3.05) is 0 Å². The van der Waals surface area contributed by atoms with Crippen LogP contribution in [-0.4, -0.2) is 5.11 Å². The molecule has 0 aliphatic heterocycles. The summed E-state index contributed by atoms with van der Waals surface area (Å²) in [6.07, 6.45) is 0. The van der Waals surface area contributed by atoms with Gasteiger partial charge in [-0.3, -0.25) is 0 Å². The smallest absolute Gasteiger partial charge is 0.128 e. The van der Waals surface area contributed by atoms with Crippen LogP contribution in [0.5, 0.6) is 0 Å². The first-order valence-corrected chi connectivity index (χ1v) is 6.81. The van der Waals surface area contributed by atoms with Crippen LogP contribution < -0.4 is 5.32 Å². The molecule has 0 spiro atoms. The maximum absolute atomic E-state index is 13.6. The van der Waals surface area contributed by atoms with E-state index >= 15 is 0 Å². The Kier molecular flexibility index (Phi) is 5.07. The fraction of sp³-hybridized carbons (Fsp3) is 0.200. The Bertz CT molecular complexity index is 542. The Morgan fingerprint density at radius 3 is 2.32 bits per heavy atom. The lowest BCUT2D eigenvalue weighted by molar-refractivity contribution is 0.282. The van der Waals surface area contributed by atoms with Crippen molar-refractivity contribution in [1.82, 2.24) is 5.32 Å². The SMILES string of the molecule is OCc1ccc(CNCc2ccc(Br)cc2F)cc1. The predicted octanol–water partition coefficient (Wildman–Crippen LogP) is 3.37. The molecule has 0 atom stereocenters. The highest BCUT2D eigenvalue weighted by Gasteiger charge is 2.02. The van der Waals surface area contributed by atoms with Gasteiger partial charge in [0, 0.05) is 23.1 Å². The van der Waals surface area contributed by atoms with Gasteiger partial charge < -0.3 is 10.4 Å². The summed E-state index contributed by atoms with van der Waals surface area (Å²) in [6.45, 7) is 1.21. The van der Waals surface area contributed by atoms with Crippen molar-refractivity contribution in [3.63, 3.8) is 0 Å². The van der Waals surface area contributed by atoms with E-state index in [0.29, 0.717) is 18.7 Å². The molecule has 2 aromatic rings. The number of nitrogens with one attached hydrogen (secondary N) is 1. The van der Waals surface area contributed by atoms with Crippen LogP contribution in [0.4, 0.5) is 4.39 Å². The quantitative estimate of drug-likeness (QED) is 0.884. The molecule has 4 heteroatoms. The van der Waals surface area contributed by atoms with Gasteiger partial charge in [-0.1, -0.05) is 46.3 Å². The molecular formula is C15H15BrFNO. The Balaban J connectivity index is 1.88. The zero-order valence-corrected chi connectivity index (χ0v) is 12.0. The van der Waals surface area contributed by atoms with E-state index in [1.165, 1.54) is 6.07 Å². The Morgan fingerprint density at radius 1 is 1.00 bits per heavy atom. The van der Waals surface area contributed by atoms with Gasteiger partial charge in [0.15, 0.2) is 0 Å². The number of aliphatic hydroxyl groups excluding tert-OH is 1. The third-order valence-corrected chi connectivity index (χ3v) is 3.36. The fourth-order valence-electron chi connectivity index (χ4n) is 1.77. The lowest BCUT2D eigenvalue weighted by Crippen LogP contribution is -2.13. The van der Waals surface area contributed by atoms with E-state index in [1.54, 1.807) is 6.07 Å². The van der Waals surface area contributed by atoms with Crippen LogP contribution in [0.2, 0.25) is 0 Å². The van der Waals surface area contributed by atoms with Gasteiger partial charge >= 0.3 is 0 Å². The van der Waals surface area contributed by atoms with Crippen molar-refractivity contribution in [3.05, 3.63) is 69.4 Å². The standard InChI is InChI=1S/C15H15BrFNO/c16-14-6-5-13(15(17)7-14)9-18-8-11-1-3-12(10-19)4-2-11/h1-7,18-19H,8-10H2. The van der Waals surface area contributed by atoms with Crippen molar-refractivity contribution >= 4 is 15.9 Å². The lowest BCUT2D eigenvalue weighted by atomic mass is 10.1. The van der Waals surface area contributed by atoms with Crippen molar-refractivity contribution in [2.24, 2.45) is 0 Å². The second-order valence-corrected chi connectivity index (χ2v) is 5.23. The summed E-state index contributed by atoms with van der Waals surface area (Å²) < 4.78 is 14.3. The van der Waals surface area contributed by atoms with Crippen LogP contribution in [0.15, 0.2) is 46.9 Å². The highest BCUT2D eigenvalue weighted by molar-refractivity contribution is 9.10. The minimum atomic E-state index is -0.211. The van der Waals surface area contributed by atoms with Gasteiger partial charge in [-0.25, -0.2) is 4.39 Å². The van der Waals surface area contributed by atoms with Gasteiger partial charge in [0.25, 0.3) is 0 Å². The molecular weight excluding hydrogens is 309 g/mol. The molecule has 0 aliphatic rings. The number of hydrogen-bond donors (Lipinski definition) is 2. The first-order valence-electron chi connectivity index (χ1n) is 6.02. The van der Waals surface area contributed by atoms with E-state index in [1.807, 2.05) is 30.3 Å². The summed E-state index contributed by atoms with van der Waals surface area (Å²) in [4.78, 5) is 0. The average molecular weight is 324 g/mol. The van der Waals surface area contributed by atoms with Crippen molar-refractivity contribution in [2.45, 2.75) is 19.7 Å². The van der Waals surface area contributed by atoms with Crippen molar-refractivity contribution < 1.29 is 9.50 Å². The highest BCUT2D eigenvalue weighted by atomic mass is 79.9. The minimum absolute atomic E-state index is 0.0534. The van der Waals surface area contributed by atoms with Crippen LogP contribution in [0, 0.1) is 5.82 Å². The number of benzene rings is 2. The normalized spacial score (nSPS) is 10.7. The average Bonchev–Trinajstić information content (AvgIpc) is 2.42. The number of aliphatic hydroxyl groups is 1. The molecule has 0 saturated carbocycles. The molecule has 0 amide bonds. The largest absolute Gasteiger partial charge is 0.392 e. The second kappa shape index (κ2) is 6.80. The van der Waals surface area contributed by atoms with E-state index in [9.17, 15) is 4.39 Å². The lowest BCUT2D eigenvalue weighted by Gasteiger charge is -2.07. The van der Waals surface area contributed by atoms with Gasteiger partial charge in [-0.05, 0) is 23.3 Å². The molecule has 0 aromatic heterocycles. The van der Waals surface area contributed by atoms with Crippen LogP contribution >= 0.6 is 15.9 Å². The monoisotopic (exact) mass is 323 g/mol. The molecule has 2 nitrogen and oxygen atoms in total. The number of hydrogen-bond acceptors (Lipinski definition) is 2. The summed E-state index contributed by atoms with van der Waals surface area (Å²) in [5, 5.41) is 12.1. The summed E-state index contributed by atoms with van der Waals surface area (Å²) >= 11 is 3.23. The number of halogens is 2. The zero-order chi connectivity index (χ0) is 13.7. The molecule has 0 unspecified atom stereocenters. The summed E-state index contributed by atoms with van der Waals surface area (Å²) in [5.74, 6) is -0.211. The van der Waals surface area contributed by atoms with Gasteiger partial charge in [-0.2, -0.15) is 0 Å². The number of rotatable bonds is 5. The molecule has 0 saturated heterocycles.